The van der Waals surface area contributed by atoms with Crippen molar-refractivity contribution >= 4 is 11.9 Å². The Balaban J connectivity index is 3.37. The molecule has 6 nitrogen and oxygen atoms in total. The fourth-order valence-electron chi connectivity index (χ4n) is 13.3. The molecule has 0 bridgehead atoms. The average molecular weight is 1280 g/mol. The summed E-state index contributed by atoms with van der Waals surface area (Å²) in [6, 6.07) is -0.627. The van der Waals surface area contributed by atoms with Crippen LogP contribution in [0.4, 0.5) is 0 Å². The molecule has 0 aromatic rings. The van der Waals surface area contributed by atoms with E-state index in [9.17, 15) is 19.8 Å². The van der Waals surface area contributed by atoms with Gasteiger partial charge < -0.3 is 20.3 Å². The number of carbonyl (C=O) groups excluding carboxylic acids is 2. The third-order valence-corrected chi connectivity index (χ3v) is 19.7. The maximum absolute atomic E-state index is 12.5. The minimum absolute atomic E-state index is 0.0223. The van der Waals surface area contributed by atoms with E-state index in [1.807, 2.05) is 6.08 Å². The van der Waals surface area contributed by atoms with E-state index in [1.165, 1.54) is 398 Å². The number of nitrogens with one attached hydrogen (secondary N) is 1. The Kier molecular flexibility index (Phi) is 78.8. The van der Waals surface area contributed by atoms with Crippen molar-refractivity contribution in [1.82, 2.24) is 5.32 Å². The SMILES string of the molecule is CCCCCCCCCCCCCCCCCCCC/C=C/C(O)C(CO)NC(=O)CCCCCCCCCCCCCCCCCCC/C=C\C/C=C\CCCCCCCCCCCCCOC(=O)CCCCCCCCCCCCCCCCCCCCC. The molecule has 0 aliphatic rings. The second kappa shape index (κ2) is 80.5. The Labute approximate surface area is 570 Å². The van der Waals surface area contributed by atoms with Crippen molar-refractivity contribution in [2.24, 2.45) is 0 Å². The van der Waals surface area contributed by atoms with Crippen LogP contribution in [0.5, 0.6) is 0 Å². The molecule has 0 aromatic heterocycles. The van der Waals surface area contributed by atoms with Crippen LogP contribution in [0.25, 0.3) is 0 Å². The summed E-state index contributed by atoms with van der Waals surface area (Å²) in [6.07, 6.45) is 106. The second-order valence-electron chi connectivity index (χ2n) is 28.8. The van der Waals surface area contributed by atoms with Crippen molar-refractivity contribution in [2.45, 2.75) is 482 Å². The molecule has 1 amide bonds. The fraction of sp³-hybridized carbons (Fsp3) is 0.906. The zero-order valence-electron chi connectivity index (χ0n) is 61.9. The molecule has 6 heteroatoms. The summed E-state index contributed by atoms with van der Waals surface area (Å²) in [6.45, 7) is 4.96. The molecule has 0 radical (unpaired) electrons. The molecular formula is C85H163NO5. The average Bonchev–Trinajstić information content (AvgIpc) is 3.72. The Morgan fingerprint density at radius 1 is 0.308 bits per heavy atom. The molecule has 0 fully saturated rings. The molecule has 0 spiro atoms. The zero-order chi connectivity index (χ0) is 65.6. The lowest BCUT2D eigenvalue weighted by Crippen LogP contribution is -2.45. The van der Waals surface area contributed by atoms with Gasteiger partial charge in [-0.1, -0.05) is 429 Å². The van der Waals surface area contributed by atoms with Gasteiger partial charge in [-0.3, -0.25) is 9.59 Å². The molecular weight excluding hydrogens is 1110 g/mol. The summed E-state index contributed by atoms with van der Waals surface area (Å²) in [5.41, 5.74) is 0. The van der Waals surface area contributed by atoms with Crippen molar-refractivity contribution in [3.8, 4) is 0 Å². The van der Waals surface area contributed by atoms with Crippen LogP contribution in [-0.4, -0.2) is 47.4 Å². The highest BCUT2D eigenvalue weighted by Gasteiger charge is 2.18. The number of aliphatic hydroxyl groups excluding tert-OH is 2. The molecule has 91 heavy (non-hydrogen) atoms. The third kappa shape index (κ3) is 77.0. The van der Waals surface area contributed by atoms with Crippen molar-refractivity contribution in [3.05, 3.63) is 36.5 Å². The maximum atomic E-state index is 12.5. The normalized spacial score (nSPS) is 12.6. The van der Waals surface area contributed by atoms with Crippen LogP contribution >= 0.6 is 0 Å². The van der Waals surface area contributed by atoms with Gasteiger partial charge in [-0.25, -0.2) is 0 Å². The topological polar surface area (TPSA) is 95.9 Å². The van der Waals surface area contributed by atoms with Gasteiger partial charge in [0.1, 0.15) is 0 Å². The number of allylic oxidation sites excluding steroid dienone is 5. The number of hydrogen-bond donors (Lipinski definition) is 3. The Morgan fingerprint density at radius 2 is 0.549 bits per heavy atom. The van der Waals surface area contributed by atoms with Gasteiger partial charge in [0.2, 0.25) is 5.91 Å². The number of carbonyl (C=O) groups is 2. The first-order chi connectivity index (χ1) is 45.0. The van der Waals surface area contributed by atoms with Crippen molar-refractivity contribution < 1.29 is 24.5 Å². The molecule has 0 rings (SSSR count). The minimum Gasteiger partial charge on any atom is -0.466 e. The van der Waals surface area contributed by atoms with Crippen LogP contribution in [0.1, 0.15) is 470 Å². The smallest absolute Gasteiger partial charge is 0.305 e. The molecule has 0 aromatic carbocycles. The first-order valence-corrected chi connectivity index (χ1v) is 41.8. The van der Waals surface area contributed by atoms with E-state index < -0.39 is 12.1 Å². The van der Waals surface area contributed by atoms with E-state index in [0.29, 0.717) is 19.4 Å². The molecule has 538 valence electrons. The predicted molar refractivity (Wildman–Crippen MR) is 403 cm³/mol. The quantitative estimate of drug-likeness (QED) is 0.0320. The Morgan fingerprint density at radius 3 is 0.835 bits per heavy atom. The van der Waals surface area contributed by atoms with E-state index in [-0.39, 0.29) is 18.5 Å². The van der Waals surface area contributed by atoms with Crippen LogP contribution in [0.3, 0.4) is 0 Å². The van der Waals surface area contributed by atoms with E-state index in [1.54, 1.807) is 6.08 Å². The number of rotatable bonds is 79. The lowest BCUT2D eigenvalue weighted by atomic mass is 10.0. The number of ether oxygens (including phenoxy) is 1. The highest BCUT2D eigenvalue weighted by molar-refractivity contribution is 5.76. The molecule has 0 saturated heterocycles. The van der Waals surface area contributed by atoms with Gasteiger partial charge in [0.15, 0.2) is 0 Å². The Bertz CT molecular complexity index is 1470. The lowest BCUT2D eigenvalue weighted by molar-refractivity contribution is -0.143. The first kappa shape index (κ1) is 89.1. The van der Waals surface area contributed by atoms with Crippen LogP contribution < -0.4 is 5.32 Å². The van der Waals surface area contributed by atoms with Gasteiger partial charge in [-0.15, -0.1) is 0 Å². The van der Waals surface area contributed by atoms with Gasteiger partial charge in [0, 0.05) is 12.8 Å². The highest BCUT2D eigenvalue weighted by atomic mass is 16.5. The van der Waals surface area contributed by atoms with Crippen LogP contribution in [0, 0.1) is 0 Å². The summed E-state index contributed by atoms with van der Waals surface area (Å²) < 4.78 is 5.52. The first-order valence-electron chi connectivity index (χ1n) is 41.8. The highest BCUT2D eigenvalue weighted by Crippen LogP contribution is 2.20. The standard InChI is InChI=1S/C85H163NO5/c1-3-5-7-9-11-13-15-17-19-21-23-42-45-49-53-57-61-65-69-73-77-83(88)82(81-87)86-84(89)78-74-70-66-62-58-54-50-46-43-39-37-35-33-31-29-27-25-24-26-28-30-32-34-36-38-40-44-48-52-56-60-64-68-72-76-80-91-85(90)79-75-71-67-63-59-55-51-47-41-22-20-18-16-14-12-10-8-6-4-2/h26,28,32,34,73,77,82-83,87-88H,3-25,27,29-31,33,35-72,74-76,78-81H2,1-2H3,(H,86,89)/b28-26-,34-32-,77-73+. The second-order valence-corrected chi connectivity index (χ2v) is 28.8. The van der Waals surface area contributed by atoms with Crippen LogP contribution in [0.2, 0.25) is 0 Å². The third-order valence-electron chi connectivity index (χ3n) is 19.7. The molecule has 0 saturated carbocycles. The van der Waals surface area contributed by atoms with Crippen LogP contribution in [0.15, 0.2) is 36.5 Å². The van der Waals surface area contributed by atoms with Crippen molar-refractivity contribution in [3.63, 3.8) is 0 Å². The number of esters is 1. The van der Waals surface area contributed by atoms with Gasteiger partial charge in [0.05, 0.1) is 25.4 Å². The molecule has 0 aliphatic heterocycles. The van der Waals surface area contributed by atoms with Gasteiger partial charge >= 0.3 is 5.97 Å². The van der Waals surface area contributed by atoms with Gasteiger partial charge in [0.25, 0.3) is 0 Å². The predicted octanol–water partition coefficient (Wildman–Crippen LogP) is 27.8. The van der Waals surface area contributed by atoms with E-state index in [4.69, 9.17) is 4.74 Å². The maximum Gasteiger partial charge on any atom is 0.305 e. The molecule has 3 N–H and O–H groups in total. The van der Waals surface area contributed by atoms with Crippen LogP contribution in [-0.2, 0) is 14.3 Å². The largest absolute Gasteiger partial charge is 0.466 e. The minimum atomic E-state index is -0.844. The van der Waals surface area contributed by atoms with Crippen molar-refractivity contribution in [2.75, 3.05) is 13.2 Å². The molecule has 2 atom stereocenters. The van der Waals surface area contributed by atoms with E-state index in [0.717, 1.165) is 44.9 Å². The number of aliphatic hydroxyl groups is 2. The molecule has 0 heterocycles. The summed E-state index contributed by atoms with van der Waals surface area (Å²) in [4.78, 5) is 24.7. The fourth-order valence-corrected chi connectivity index (χ4v) is 13.3. The van der Waals surface area contributed by atoms with Crippen molar-refractivity contribution in [1.29, 1.82) is 0 Å². The van der Waals surface area contributed by atoms with E-state index >= 15 is 0 Å². The Hall–Kier alpha value is -1.92. The summed E-state index contributed by atoms with van der Waals surface area (Å²) in [5.74, 6) is -0.0389. The summed E-state index contributed by atoms with van der Waals surface area (Å²) >= 11 is 0. The van der Waals surface area contributed by atoms with Gasteiger partial charge in [-0.05, 0) is 64.2 Å². The number of hydrogen-bond acceptors (Lipinski definition) is 5. The number of unbranched alkanes of at least 4 members (excludes halogenated alkanes) is 64. The lowest BCUT2D eigenvalue weighted by Gasteiger charge is -2.20. The van der Waals surface area contributed by atoms with E-state index in [2.05, 4.69) is 43.5 Å². The molecule has 0 aliphatic carbocycles. The summed E-state index contributed by atoms with van der Waals surface area (Å²) in [7, 11) is 0. The van der Waals surface area contributed by atoms with Gasteiger partial charge in [-0.2, -0.15) is 0 Å². The molecule has 2 unspecified atom stereocenters. The number of amides is 1. The zero-order valence-corrected chi connectivity index (χ0v) is 61.9. The monoisotopic (exact) mass is 1280 g/mol. The summed E-state index contributed by atoms with van der Waals surface area (Å²) in [5, 5.41) is 23.3.